The lowest BCUT2D eigenvalue weighted by molar-refractivity contribution is -0.150. The first-order valence-electron chi connectivity index (χ1n) is 11.4. The lowest BCUT2D eigenvalue weighted by Gasteiger charge is -2.46. The average Bonchev–Trinajstić information content (AvgIpc) is 3.22. The minimum atomic E-state index is -0.388. The summed E-state index contributed by atoms with van der Waals surface area (Å²) in [7, 11) is 1.83. The zero-order valence-electron chi connectivity index (χ0n) is 19.2. The number of halogens is 1. The number of hydrogen-bond donors (Lipinski definition) is 0. The zero-order chi connectivity index (χ0) is 22.1. The summed E-state index contributed by atoms with van der Waals surface area (Å²) < 4.78 is 0. The Morgan fingerprint density at radius 1 is 1.10 bits per heavy atom. The molecule has 5 heteroatoms. The molecule has 0 radical (unpaired) electrons. The van der Waals surface area contributed by atoms with Crippen molar-refractivity contribution in [2.45, 2.75) is 71.8 Å². The Labute approximate surface area is 186 Å². The number of hydrogen-bond acceptors (Lipinski definition) is 2. The maximum absolute atomic E-state index is 13.6. The van der Waals surface area contributed by atoms with Crippen LogP contribution < -0.4 is 0 Å². The molecule has 0 N–H and O–H groups in total. The summed E-state index contributed by atoms with van der Waals surface area (Å²) in [4.78, 5) is 30.4. The van der Waals surface area contributed by atoms with Crippen LogP contribution in [0.3, 0.4) is 0 Å². The van der Waals surface area contributed by atoms with Crippen LogP contribution in [0.5, 0.6) is 0 Å². The summed E-state index contributed by atoms with van der Waals surface area (Å²) in [6, 6.07) is 7.72. The first-order valence-corrected chi connectivity index (χ1v) is 11.8. The highest BCUT2D eigenvalue weighted by atomic mass is 35.5. The van der Waals surface area contributed by atoms with E-state index in [4.69, 9.17) is 11.6 Å². The van der Waals surface area contributed by atoms with Crippen molar-refractivity contribution >= 4 is 23.4 Å². The van der Waals surface area contributed by atoms with Gasteiger partial charge in [0.1, 0.15) is 6.04 Å². The van der Waals surface area contributed by atoms with Gasteiger partial charge in [-0.25, -0.2) is 0 Å². The average molecular weight is 433 g/mol. The van der Waals surface area contributed by atoms with Gasteiger partial charge in [0.05, 0.1) is 0 Å². The van der Waals surface area contributed by atoms with E-state index >= 15 is 0 Å². The van der Waals surface area contributed by atoms with Crippen LogP contribution in [-0.4, -0.2) is 47.8 Å². The Bertz CT molecular complexity index is 753. The molecule has 1 aromatic rings. The Morgan fingerprint density at radius 3 is 2.23 bits per heavy atom. The molecule has 2 aliphatic rings. The maximum atomic E-state index is 13.6. The number of piperidine rings is 1. The van der Waals surface area contributed by atoms with E-state index in [1.54, 1.807) is 4.90 Å². The van der Waals surface area contributed by atoms with Crippen LogP contribution in [0.15, 0.2) is 24.3 Å². The number of nitrogens with zero attached hydrogens (tertiary/aromatic N) is 2. The molecule has 3 rings (SSSR count). The third-order valence-electron chi connectivity index (χ3n) is 7.17. The van der Waals surface area contributed by atoms with E-state index in [1.165, 1.54) is 5.56 Å². The Hall–Kier alpha value is -1.55. The first-order chi connectivity index (χ1) is 14.1. The number of carbonyl (C=O) groups is 2. The SMILES string of the molecule is CC(C)[C@H](C(=O)N1CCC(c2ccc(Cl)cc2)C(C)(C)C1)N(C)C(=O)C1CCCC1. The van der Waals surface area contributed by atoms with Crippen molar-refractivity contribution in [1.82, 2.24) is 9.80 Å². The molecule has 1 aliphatic carbocycles. The fourth-order valence-electron chi connectivity index (χ4n) is 5.54. The van der Waals surface area contributed by atoms with Crippen molar-refractivity contribution in [3.63, 3.8) is 0 Å². The minimum absolute atomic E-state index is 0.0443. The molecule has 1 heterocycles. The summed E-state index contributed by atoms with van der Waals surface area (Å²) >= 11 is 6.07. The van der Waals surface area contributed by atoms with Gasteiger partial charge in [0.25, 0.3) is 0 Å². The predicted octanol–water partition coefficient (Wildman–Crippen LogP) is 5.36. The van der Waals surface area contributed by atoms with Crippen LogP contribution in [0.4, 0.5) is 0 Å². The van der Waals surface area contributed by atoms with Gasteiger partial charge in [-0.1, -0.05) is 64.3 Å². The van der Waals surface area contributed by atoms with Crippen molar-refractivity contribution < 1.29 is 9.59 Å². The maximum Gasteiger partial charge on any atom is 0.245 e. The highest BCUT2D eigenvalue weighted by Gasteiger charge is 2.42. The molecule has 166 valence electrons. The van der Waals surface area contributed by atoms with E-state index in [0.29, 0.717) is 12.5 Å². The van der Waals surface area contributed by atoms with E-state index in [0.717, 1.165) is 43.7 Å². The molecule has 2 atom stereocenters. The van der Waals surface area contributed by atoms with Crippen LogP contribution in [-0.2, 0) is 9.59 Å². The van der Waals surface area contributed by atoms with Gasteiger partial charge in [-0.3, -0.25) is 9.59 Å². The molecule has 0 aromatic heterocycles. The van der Waals surface area contributed by atoms with Gasteiger partial charge in [-0.15, -0.1) is 0 Å². The summed E-state index contributed by atoms with van der Waals surface area (Å²) in [5.74, 6) is 0.812. The first kappa shape index (κ1) is 23.1. The lowest BCUT2D eigenvalue weighted by Crippen LogP contribution is -2.56. The normalized spacial score (nSPS) is 22.9. The van der Waals surface area contributed by atoms with Gasteiger partial charge in [0.15, 0.2) is 0 Å². The second kappa shape index (κ2) is 9.30. The van der Waals surface area contributed by atoms with Crippen LogP contribution in [0.25, 0.3) is 0 Å². The third kappa shape index (κ3) is 4.85. The van der Waals surface area contributed by atoms with Crippen molar-refractivity contribution in [3.05, 3.63) is 34.9 Å². The van der Waals surface area contributed by atoms with Crippen molar-refractivity contribution in [2.24, 2.45) is 17.3 Å². The highest BCUT2D eigenvalue weighted by molar-refractivity contribution is 6.30. The Morgan fingerprint density at radius 2 is 1.70 bits per heavy atom. The summed E-state index contributed by atoms with van der Waals surface area (Å²) in [6.07, 6.45) is 5.09. The van der Waals surface area contributed by atoms with Gasteiger partial charge in [-0.2, -0.15) is 0 Å². The summed E-state index contributed by atoms with van der Waals surface area (Å²) in [5.41, 5.74) is 1.24. The largest absolute Gasteiger partial charge is 0.340 e. The molecule has 0 bridgehead atoms. The second-order valence-electron chi connectivity index (χ2n) is 10.3. The van der Waals surface area contributed by atoms with Crippen molar-refractivity contribution in [1.29, 1.82) is 0 Å². The fourth-order valence-corrected chi connectivity index (χ4v) is 5.67. The third-order valence-corrected chi connectivity index (χ3v) is 7.42. The van der Waals surface area contributed by atoms with Gasteiger partial charge in [-0.05, 0) is 54.2 Å². The van der Waals surface area contributed by atoms with Crippen molar-refractivity contribution in [2.75, 3.05) is 20.1 Å². The second-order valence-corrected chi connectivity index (χ2v) is 10.7. The molecular weight excluding hydrogens is 396 g/mol. The lowest BCUT2D eigenvalue weighted by atomic mass is 9.70. The fraction of sp³-hybridized carbons (Fsp3) is 0.680. The molecule has 1 unspecified atom stereocenters. The molecule has 4 nitrogen and oxygen atoms in total. The molecule has 2 amide bonds. The van der Waals surface area contributed by atoms with Crippen LogP contribution >= 0.6 is 11.6 Å². The number of carbonyl (C=O) groups excluding carboxylic acids is 2. The standard InChI is InChI=1S/C25H37ClN2O2/c1-17(2)22(27(5)23(29)19-8-6-7-9-19)24(30)28-15-14-21(25(3,4)16-28)18-10-12-20(26)13-11-18/h10-13,17,19,21-22H,6-9,14-16H2,1-5H3/t21?,22-/m1/s1. The van der Waals surface area contributed by atoms with E-state index < -0.39 is 0 Å². The summed E-state index contributed by atoms with van der Waals surface area (Å²) in [6.45, 7) is 10.0. The molecule has 2 fully saturated rings. The summed E-state index contributed by atoms with van der Waals surface area (Å²) in [5, 5.41) is 0.749. The van der Waals surface area contributed by atoms with Crippen molar-refractivity contribution in [3.8, 4) is 0 Å². The number of benzene rings is 1. The molecule has 1 aromatic carbocycles. The molecule has 1 saturated heterocycles. The van der Waals surface area contributed by atoms with Gasteiger partial charge in [0.2, 0.25) is 11.8 Å². The molecule has 1 saturated carbocycles. The molecule has 0 spiro atoms. The monoisotopic (exact) mass is 432 g/mol. The Kier molecular flexibility index (Phi) is 7.16. The number of likely N-dealkylation sites (tertiary alicyclic amines) is 1. The van der Waals surface area contributed by atoms with Crippen LogP contribution in [0, 0.1) is 17.3 Å². The van der Waals surface area contributed by atoms with Crippen LogP contribution in [0.1, 0.15) is 71.3 Å². The Balaban J connectivity index is 1.73. The van der Waals surface area contributed by atoms with E-state index in [1.807, 2.05) is 37.9 Å². The number of likely N-dealkylation sites (N-methyl/N-ethyl adjacent to an activating group) is 1. The smallest absolute Gasteiger partial charge is 0.245 e. The molecular formula is C25H37ClN2O2. The highest BCUT2D eigenvalue weighted by Crippen LogP contribution is 2.43. The van der Waals surface area contributed by atoms with Gasteiger partial charge >= 0.3 is 0 Å². The predicted molar refractivity (Wildman–Crippen MR) is 123 cm³/mol. The van der Waals surface area contributed by atoms with Crippen LogP contribution in [0.2, 0.25) is 5.02 Å². The quantitative estimate of drug-likeness (QED) is 0.628. The zero-order valence-corrected chi connectivity index (χ0v) is 19.9. The van der Waals surface area contributed by atoms with E-state index in [9.17, 15) is 9.59 Å². The molecule has 1 aliphatic heterocycles. The number of rotatable bonds is 5. The minimum Gasteiger partial charge on any atom is -0.340 e. The van der Waals surface area contributed by atoms with Gasteiger partial charge < -0.3 is 9.80 Å². The topological polar surface area (TPSA) is 40.6 Å². The number of amides is 2. The molecule has 30 heavy (non-hydrogen) atoms. The van der Waals surface area contributed by atoms with E-state index in [-0.39, 0.29) is 35.1 Å². The van der Waals surface area contributed by atoms with Gasteiger partial charge in [0, 0.05) is 31.1 Å². The van der Waals surface area contributed by atoms with E-state index in [2.05, 4.69) is 26.0 Å².